The van der Waals surface area contributed by atoms with Crippen molar-refractivity contribution in [3.05, 3.63) is 23.0 Å². The number of halogens is 1. The zero-order valence-electron chi connectivity index (χ0n) is 13.8. The van der Waals surface area contributed by atoms with Crippen LogP contribution in [0, 0.1) is 0 Å². The SMILES string of the molecule is CCOC(=O)c1cnc(Cl)cc1NCCCN1CCN(C)CC1. The van der Waals surface area contributed by atoms with Crippen LogP contribution in [0.2, 0.25) is 5.15 Å². The summed E-state index contributed by atoms with van der Waals surface area (Å²) in [5.41, 5.74) is 1.11. The molecule has 2 rings (SSSR count). The van der Waals surface area contributed by atoms with Gasteiger partial charge in [0.15, 0.2) is 0 Å². The number of ether oxygens (including phenoxy) is 1. The van der Waals surface area contributed by atoms with Gasteiger partial charge in [-0.2, -0.15) is 0 Å². The molecule has 0 aliphatic carbocycles. The first kappa shape index (κ1) is 18.0. The van der Waals surface area contributed by atoms with E-state index in [1.807, 2.05) is 0 Å². The van der Waals surface area contributed by atoms with Crippen molar-refractivity contribution in [3.8, 4) is 0 Å². The van der Waals surface area contributed by atoms with Crippen molar-refractivity contribution in [3.63, 3.8) is 0 Å². The number of rotatable bonds is 7. The minimum absolute atomic E-state index is 0.338. The van der Waals surface area contributed by atoms with Crippen molar-refractivity contribution in [1.82, 2.24) is 14.8 Å². The Labute approximate surface area is 142 Å². The highest BCUT2D eigenvalue weighted by Gasteiger charge is 2.15. The van der Waals surface area contributed by atoms with E-state index in [4.69, 9.17) is 16.3 Å². The molecule has 1 N–H and O–H groups in total. The van der Waals surface area contributed by atoms with E-state index in [0.29, 0.717) is 23.0 Å². The molecule has 1 aliphatic heterocycles. The van der Waals surface area contributed by atoms with Gasteiger partial charge >= 0.3 is 5.97 Å². The summed E-state index contributed by atoms with van der Waals surface area (Å²) in [5, 5.41) is 3.64. The predicted octanol–water partition coefficient (Wildman–Crippen LogP) is 1.96. The van der Waals surface area contributed by atoms with Crippen LogP contribution >= 0.6 is 11.6 Å². The van der Waals surface area contributed by atoms with E-state index >= 15 is 0 Å². The highest BCUT2D eigenvalue weighted by atomic mass is 35.5. The summed E-state index contributed by atoms with van der Waals surface area (Å²) in [6.07, 6.45) is 2.47. The predicted molar refractivity (Wildman–Crippen MR) is 92.2 cm³/mol. The van der Waals surface area contributed by atoms with Gasteiger partial charge in [0, 0.05) is 38.9 Å². The third kappa shape index (κ3) is 5.64. The molecular formula is C16H25ClN4O2. The summed E-state index contributed by atoms with van der Waals surface area (Å²) >= 11 is 5.93. The average molecular weight is 341 g/mol. The first-order valence-corrected chi connectivity index (χ1v) is 8.45. The Hall–Kier alpha value is -1.37. The number of nitrogens with zero attached hydrogens (tertiary/aromatic N) is 3. The maximum Gasteiger partial charge on any atom is 0.341 e. The van der Waals surface area contributed by atoms with E-state index < -0.39 is 0 Å². The summed E-state index contributed by atoms with van der Waals surface area (Å²) < 4.78 is 5.05. The fourth-order valence-electron chi connectivity index (χ4n) is 2.54. The number of nitrogens with one attached hydrogen (secondary N) is 1. The monoisotopic (exact) mass is 340 g/mol. The van der Waals surface area contributed by atoms with E-state index in [0.717, 1.165) is 45.7 Å². The summed E-state index contributed by atoms with van der Waals surface area (Å²) in [7, 11) is 2.16. The molecule has 6 nitrogen and oxygen atoms in total. The average Bonchev–Trinajstić information content (AvgIpc) is 2.53. The number of pyridine rings is 1. The molecule has 0 amide bonds. The lowest BCUT2D eigenvalue weighted by Crippen LogP contribution is -2.44. The highest BCUT2D eigenvalue weighted by Crippen LogP contribution is 2.19. The van der Waals surface area contributed by atoms with Crippen LogP contribution < -0.4 is 5.32 Å². The molecule has 128 valence electrons. The smallest absolute Gasteiger partial charge is 0.341 e. The van der Waals surface area contributed by atoms with Crippen molar-refractivity contribution in [1.29, 1.82) is 0 Å². The Kier molecular flexibility index (Phi) is 7.08. The van der Waals surface area contributed by atoms with Gasteiger partial charge in [-0.1, -0.05) is 11.6 Å². The van der Waals surface area contributed by atoms with E-state index in [9.17, 15) is 4.79 Å². The Morgan fingerprint density at radius 3 is 2.83 bits per heavy atom. The quantitative estimate of drug-likeness (QED) is 0.465. The lowest BCUT2D eigenvalue weighted by molar-refractivity contribution is 0.0527. The van der Waals surface area contributed by atoms with Crippen molar-refractivity contribution in [2.45, 2.75) is 13.3 Å². The second-order valence-electron chi connectivity index (χ2n) is 5.70. The van der Waals surface area contributed by atoms with Gasteiger partial charge < -0.3 is 19.9 Å². The number of anilines is 1. The van der Waals surface area contributed by atoms with Crippen LogP contribution in [-0.2, 0) is 4.74 Å². The summed E-state index contributed by atoms with van der Waals surface area (Å²) in [5.74, 6) is -0.377. The van der Waals surface area contributed by atoms with Crippen molar-refractivity contribution < 1.29 is 9.53 Å². The molecule has 1 fully saturated rings. The fraction of sp³-hybridized carbons (Fsp3) is 0.625. The molecule has 1 saturated heterocycles. The first-order chi connectivity index (χ1) is 11.1. The molecule has 0 spiro atoms. The van der Waals surface area contributed by atoms with Crippen LogP contribution in [0.1, 0.15) is 23.7 Å². The number of likely N-dealkylation sites (N-methyl/N-ethyl adjacent to an activating group) is 1. The molecular weight excluding hydrogens is 316 g/mol. The molecule has 0 aromatic carbocycles. The van der Waals surface area contributed by atoms with E-state index in [-0.39, 0.29) is 5.97 Å². The van der Waals surface area contributed by atoms with Crippen molar-refractivity contribution >= 4 is 23.3 Å². The number of esters is 1. The standard InChI is InChI=1S/C16H25ClN4O2/c1-3-23-16(22)13-12-19-15(17)11-14(13)18-5-4-6-21-9-7-20(2)8-10-21/h11-12H,3-10H2,1-2H3,(H,18,19). The minimum atomic E-state index is -0.377. The fourth-order valence-corrected chi connectivity index (χ4v) is 2.70. The molecule has 0 unspecified atom stereocenters. The van der Waals surface area contributed by atoms with E-state index in [1.165, 1.54) is 6.20 Å². The Balaban J connectivity index is 1.82. The number of aromatic nitrogens is 1. The van der Waals surface area contributed by atoms with Crippen LogP contribution in [0.15, 0.2) is 12.3 Å². The summed E-state index contributed by atoms with van der Waals surface area (Å²) in [6.45, 7) is 8.43. The van der Waals surface area contributed by atoms with Crippen LogP contribution in [0.4, 0.5) is 5.69 Å². The lowest BCUT2D eigenvalue weighted by atomic mass is 10.2. The zero-order chi connectivity index (χ0) is 16.7. The summed E-state index contributed by atoms with van der Waals surface area (Å²) in [4.78, 5) is 20.7. The molecule has 23 heavy (non-hydrogen) atoms. The van der Waals surface area contributed by atoms with Gasteiger partial charge in [0.25, 0.3) is 0 Å². The minimum Gasteiger partial charge on any atom is -0.462 e. The van der Waals surface area contributed by atoms with Gasteiger partial charge in [-0.05, 0) is 33.0 Å². The van der Waals surface area contributed by atoms with Gasteiger partial charge in [0.05, 0.1) is 12.3 Å². The molecule has 1 aromatic heterocycles. The maximum absolute atomic E-state index is 11.9. The molecule has 2 heterocycles. The van der Waals surface area contributed by atoms with Crippen LogP contribution in [0.5, 0.6) is 0 Å². The Bertz CT molecular complexity index is 519. The Morgan fingerprint density at radius 1 is 1.39 bits per heavy atom. The number of hydrogen-bond acceptors (Lipinski definition) is 6. The Morgan fingerprint density at radius 2 is 2.13 bits per heavy atom. The third-order valence-electron chi connectivity index (χ3n) is 3.93. The molecule has 1 aromatic rings. The molecule has 0 radical (unpaired) electrons. The van der Waals surface area contributed by atoms with Gasteiger partial charge in [-0.15, -0.1) is 0 Å². The number of piperazine rings is 1. The molecule has 0 bridgehead atoms. The van der Waals surface area contributed by atoms with Gasteiger partial charge in [0.1, 0.15) is 10.7 Å². The van der Waals surface area contributed by atoms with Crippen LogP contribution in [0.3, 0.4) is 0 Å². The lowest BCUT2D eigenvalue weighted by Gasteiger charge is -2.32. The number of carbonyl (C=O) groups is 1. The second-order valence-corrected chi connectivity index (χ2v) is 6.09. The van der Waals surface area contributed by atoms with Gasteiger partial charge in [-0.3, -0.25) is 0 Å². The van der Waals surface area contributed by atoms with E-state index in [2.05, 4.69) is 27.1 Å². The normalized spacial score (nSPS) is 16.3. The zero-order valence-corrected chi connectivity index (χ0v) is 14.6. The van der Waals surface area contributed by atoms with Gasteiger partial charge in [0.2, 0.25) is 0 Å². The summed E-state index contributed by atoms with van der Waals surface area (Å²) in [6, 6.07) is 1.67. The largest absolute Gasteiger partial charge is 0.462 e. The van der Waals surface area contributed by atoms with Gasteiger partial charge in [-0.25, -0.2) is 9.78 Å². The maximum atomic E-state index is 11.9. The van der Waals surface area contributed by atoms with Crippen LogP contribution in [0.25, 0.3) is 0 Å². The molecule has 0 saturated carbocycles. The topological polar surface area (TPSA) is 57.7 Å². The van der Waals surface area contributed by atoms with Crippen LogP contribution in [-0.4, -0.2) is 73.7 Å². The van der Waals surface area contributed by atoms with E-state index in [1.54, 1.807) is 13.0 Å². The molecule has 7 heteroatoms. The number of hydrogen-bond donors (Lipinski definition) is 1. The molecule has 0 atom stereocenters. The van der Waals surface area contributed by atoms with Crippen molar-refractivity contribution in [2.75, 3.05) is 58.2 Å². The third-order valence-corrected chi connectivity index (χ3v) is 4.14. The van der Waals surface area contributed by atoms with Crippen molar-refractivity contribution in [2.24, 2.45) is 0 Å². The first-order valence-electron chi connectivity index (χ1n) is 8.07. The second kappa shape index (κ2) is 9.05. The molecule has 1 aliphatic rings. The highest BCUT2D eigenvalue weighted by molar-refractivity contribution is 6.29. The number of carbonyl (C=O) groups excluding carboxylic acids is 1.